The van der Waals surface area contributed by atoms with Crippen LogP contribution in [-0.4, -0.2) is 9.91 Å². The zero-order valence-corrected chi connectivity index (χ0v) is 13.5. The molecule has 0 fully saturated rings. The van der Waals surface area contributed by atoms with Gasteiger partial charge in [-0.1, -0.05) is 6.07 Å². The van der Waals surface area contributed by atoms with E-state index in [4.69, 9.17) is 4.74 Å². The fourth-order valence-corrected chi connectivity index (χ4v) is 2.56. The number of nitro groups is 1. The summed E-state index contributed by atoms with van der Waals surface area (Å²) in [7, 11) is 0. The molecule has 5 nitrogen and oxygen atoms in total. The number of aromatic nitrogens is 1. The Morgan fingerprint density at radius 2 is 1.84 bits per heavy atom. The molecule has 3 aromatic rings. The van der Waals surface area contributed by atoms with Crippen LogP contribution in [0, 0.1) is 24.0 Å². The second-order valence-corrected chi connectivity index (χ2v) is 5.66. The molecule has 7 heteroatoms. The van der Waals surface area contributed by atoms with Crippen LogP contribution in [-0.2, 0) is 0 Å². The molecule has 1 aromatic heterocycles. The maximum atomic E-state index is 12.8. The number of benzene rings is 2. The SMILES string of the molecule is Cc1cc([N+](=O)[O-])ccc1Oc1cc(C)c2nc(C(F)F)ccc2c1. The Bertz CT molecular complexity index is 974. The first-order chi connectivity index (χ1) is 11.8. The zero-order valence-electron chi connectivity index (χ0n) is 13.5. The molecule has 0 saturated heterocycles. The van der Waals surface area contributed by atoms with Gasteiger partial charge in [-0.3, -0.25) is 10.1 Å². The number of hydrogen-bond acceptors (Lipinski definition) is 4. The first-order valence-electron chi connectivity index (χ1n) is 7.47. The average Bonchev–Trinajstić information content (AvgIpc) is 2.56. The molecule has 1 heterocycles. The number of pyridine rings is 1. The molecule has 0 radical (unpaired) electrons. The lowest BCUT2D eigenvalue weighted by molar-refractivity contribution is -0.384. The van der Waals surface area contributed by atoms with Crippen LogP contribution < -0.4 is 4.74 Å². The average molecular weight is 344 g/mol. The van der Waals surface area contributed by atoms with E-state index in [2.05, 4.69) is 4.98 Å². The molecule has 0 aliphatic rings. The minimum Gasteiger partial charge on any atom is -0.457 e. The molecule has 3 rings (SSSR count). The van der Waals surface area contributed by atoms with Crippen molar-refractivity contribution < 1.29 is 18.4 Å². The Balaban J connectivity index is 1.97. The van der Waals surface area contributed by atoms with Gasteiger partial charge in [-0.2, -0.15) is 0 Å². The third-order valence-electron chi connectivity index (χ3n) is 3.80. The van der Waals surface area contributed by atoms with Crippen LogP contribution in [0.2, 0.25) is 0 Å². The molecule has 0 spiro atoms. The predicted octanol–water partition coefficient (Wildman–Crippen LogP) is 5.49. The van der Waals surface area contributed by atoms with Gasteiger partial charge in [-0.25, -0.2) is 13.8 Å². The van der Waals surface area contributed by atoms with E-state index >= 15 is 0 Å². The summed E-state index contributed by atoms with van der Waals surface area (Å²) in [6.07, 6.45) is -2.62. The molecule has 0 atom stereocenters. The second kappa shape index (κ2) is 6.43. The summed E-state index contributed by atoms with van der Waals surface area (Å²) >= 11 is 0. The number of fused-ring (bicyclic) bond motifs is 1. The zero-order chi connectivity index (χ0) is 18.1. The van der Waals surface area contributed by atoms with Crippen molar-refractivity contribution in [2.24, 2.45) is 0 Å². The van der Waals surface area contributed by atoms with Gasteiger partial charge in [0.05, 0.1) is 10.4 Å². The number of aryl methyl sites for hydroxylation is 2. The highest BCUT2D eigenvalue weighted by molar-refractivity contribution is 5.83. The van der Waals surface area contributed by atoms with E-state index in [0.29, 0.717) is 33.5 Å². The van der Waals surface area contributed by atoms with Crippen molar-refractivity contribution in [3.05, 3.63) is 69.4 Å². The van der Waals surface area contributed by atoms with Gasteiger partial charge in [0.1, 0.15) is 17.2 Å². The van der Waals surface area contributed by atoms with E-state index in [0.717, 1.165) is 0 Å². The van der Waals surface area contributed by atoms with Crippen LogP contribution in [0.15, 0.2) is 42.5 Å². The van der Waals surface area contributed by atoms with Crippen LogP contribution in [0.5, 0.6) is 11.5 Å². The number of halogens is 2. The standard InChI is InChI=1S/C18H14F2N2O3/c1-10-7-13(22(23)24)4-6-16(10)25-14-8-11(2)17-12(9-14)3-5-15(21-17)18(19)20/h3-9,18H,1-2H3. The van der Waals surface area contributed by atoms with Gasteiger partial charge < -0.3 is 4.74 Å². The minimum absolute atomic E-state index is 0.0109. The van der Waals surface area contributed by atoms with Crippen molar-refractivity contribution in [2.45, 2.75) is 20.3 Å². The Morgan fingerprint density at radius 1 is 1.08 bits per heavy atom. The Kier molecular flexibility index (Phi) is 4.31. The molecule has 0 N–H and O–H groups in total. The molecule has 0 aliphatic heterocycles. The summed E-state index contributed by atoms with van der Waals surface area (Å²) in [5.41, 5.74) is 1.54. The Morgan fingerprint density at radius 3 is 2.48 bits per heavy atom. The fourth-order valence-electron chi connectivity index (χ4n) is 2.56. The lowest BCUT2D eigenvalue weighted by atomic mass is 10.1. The Hall–Kier alpha value is -3.09. The lowest BCUT2D eigenvalue weighted by Gasteiger charge is -2.11. The molecule has 0 saturated carbocycles. The minimum atomic E-state index is -2.62. The summed E-state index contributed by atoms with van der Waals surface area (Å²) < 4.78 is 31.4. The maximum Gasteiger partial charge on any atom is 0.280 e. The van der Waals surface area contributed by atoms with E-state index in [1.54, 1.807) is 32.0 Å². The van der Waals surface area contributed by atoms with Gasteiger partial charge in [0.15, 0.2) is 0 Å². The third-order valence-corrected chi connectivity index (χ3v) is 3.80. The third kappa shape index (κ3) is 3.40. The topological polar surface area (TPSA) is 65.3 Å². The molecule has 128 valence electrons. The molecule has 0 bridgehead atoms. The van der Waals surface area contributed by atoms with Crippen molar-refractivity contribution in [1.82, 2.24) is 4.98 Å². The number of nitrogens with zero attached hydrogens (tertiary/aromatic N) is 2. The second-order valence-electron chi connectivity index (χ2n) is 5.66. The van der Waals surface area contributed by atoms with E-state index in [9.17, 15) is 18.9 Å². The van der Waals surface area contributed by atoms with Gasteiger partial charge in [0, 0.05) is 17.5 Å². The van der Waals surface area contributed by atoms with Crippen molar-refractivity contribution in [3.63, 3.8) is 0 Å². The van der Waals surface area contributed by atoms with Crippen LogP contribution in [0.3, 0.4) is 0 Å². The van der Waals surface area contributed by atoms with E-state index in [1.807, 2.05) is 0 Å². The fraction of sp³-hybridized carbons (Fsp3) is 0.167. The summed E-state index contributed by atoms with van der Waals surface area (Å²) in [4.78, 5) is 14.3. The van der Waals surface area contributed by atoms with Gasteiger partial charge in [-0.05, 0) is 49.2 Å². The normalized spacial score (nSPS) is 11.1. The van der Waals surface area contributed by atoms with Gasteiger partial charge in [0.25, 0.3) is 12.1 Å². The molecule has 25 heavy (non-hydrogen) atoms. The van der Waals surface area contributed by atoms with Crippen molar-refractivity contribution >= 4 is 16.6 Å². The highest BCUT2D eigenvalue weighted by Gasteiger charge is 2.13. The van der Waals surface area contributed by atoms with Crippen LogP contribution in [0.25, 0.3) is 10.9 Å². The quantitative estimate of drug-likeness (QED) is 0.464. The number of non-ortho nitro benzene ring substituents is 1. The van der Waals surface area contributed by atoms with Crippen molar-refractivity contribution in [1.29, 1.82) is 0 Å². The smallest absolute Gasteiger partial charge is 0.280 e. The number of ether oxygens (including phenoxy) is 1. The van der Waals surface area contributed by atoms with E-state index < -0.39 is 11.3 Å². The Labute approximate surface area is 142 Å². The summed E-state index contributed by atoms with van der Waals surface area (Å²) in [5, 5.41) is 11.5. The molecule has 0 unspecified atom stereocenters. The summed E-state index contributed by atoms with van der Waals surface area (Å²) in [5.74, 6) is 0.995. The molecule has 0 amide bonds. The first-order valence-corrected chi connectivity index (χ1v) is 7.47. The van der Waals surface area contributed by atoms with Crippen LogP contribution >= 0.6 is 0 Å². The largest absolute Gasteiger partial charge is 0.457 e. The van der Waals surface area contributed by atoms with E-state index in [1.165, 1.54) is 24.3 Å². The van der Waals surface area contributed by atoms with Crippen molar-refractivity contribution in [2.75, 3.05) is 0 Å². The van der Waals surface area contributed by atoms with E-state index in [-0.39, 0.29) is 11.4 Å². The summed E-state index contributed by atoms with van der Waals surface area (Å²) in [6.45, 7) is 3.48. The number of alkyl halides is 2. The maximum absolute atomic E-state index is 12.8. The number of hydrogen-bond donors (Lipinski definition) is 0. The highest BCUT2D eigenvalue weighted by atomic mass is 19.3. The number of rotatable bonds is 4. The number of nitro benzene ring substituents is 1. The van der Waals surface area contributed by atoms with Gasteiger partial charge in [-0.15, -0.1) is 0 Å². The first kappa shape index (κ1) is 16.8. The molecule has 0 aliphatic carbocycles. The van der Waals surface area contributed by atoms with Gasteiger partial charge >= 0.3 is 0 Å². The molecular weight excluding hydrogens is 330 g/mol. The lowest BCUT2D eigenvalue weighted by Crippen LogP contribution is -1.95. The molecule has 2 aromatic carbocycles. The highest BCUT2D eigenvalue weighted by Crippen LogP contribution is 2.32. The van der Waals surface area contributed by atoms with Crippen LogP contribution in [0.4, 0.5) is 14.5 Å². The van der Waals surface area contributed by atoms with Gasteiger partial charge in [0.2, 0.25) is 0 Å². The molecular formula is C18H14F2N2O3. The van der Waals surface area contributed by atoms with Crippen molar-refractivity contribution in [3.8, 4) is 11.5 Å². The predicted molar refractivity (Wildman–Crippen MR) is 89.3 cm³/mol. The monoisotopic (exact) mass is 344 g/mol. The van der Waals surface area contributed by atoms with Crippen LogP contribution in [0.1, 0.15) is 23.2 Å². The summed E-state index contributed by atoms with van der Waals surface area (Å²) in [6, 6.07) is 10.6.